The topological polar surface area (TPSA) is 24.4 Å². The molecule has 2 bridgehead atoms. The highest BCUT2D eigenvalue weighted by atomic mass is 32.2. The van der Waals surface area contributed by atoms with Gasteiger partial charge in [-0.25, -0.2) is 0 Å². The Labute approximate surface area is 101 Å². The summed E-state index contributed by atoms with van der Waals surface area (Å²) in [4.78, 5) is 4.52. The summed E-state index contributed by atoms with van der Waals surface area (Å²) >= 11 is 1.90. The number of aliphatic imine (C=N–C) groups is 1. The molecule has 2 fully saturated rings. The van der Waals surface area contributed by atoms with Gasteiger partial charge in [-0.2, -0.15) is 0 Å². The summed E-state index contributed by atoms with van der Waals surface area (Å²) in [5.74, 6) is 4.96. The third-order valence-electron chi connectivity index (χ3n) is 4.90. The SMILES string of the molecule is C1=C[C@H]2[C@H](C1)[C@@H]1C[C@H]2[C@H](NC2=NCCS2)C1. The van der Waals surface area contributed by atoms with Gasteiger partial charge in [0.25, 0.3) is 0 Å². The van der Waals surface area contributed by atoms with Crippen LogP contribution in [-0.2, 0) is 0 Å². The Morgan fingerprint density at radius 1 is 1.31 bits per heavy atom. The summed E-state index contributed by atoms with van der Waals surface area (Å²) in [5, 5.41) is 4.92. The molecule has 1 heterocycles. The predicted molar refractivity (Wildman–Crippen MR) is 68.6 cm³/mol. The Morgan fingerprint density at radius 2 is 2.31 bits per heavy atom. The quantitative estimate of drug-likeness (QED) is 0.704. The van der Waals surface area contributed by atoms with Crippen LogP contribution >= 0.6 is 11.8 Å². The van der Waals surface area contributed by atoms with Crippen LogP contribution in [0.4, 0.5) is 0 Å². The minimum atomic E-state index is 0.721. The number of amidine groups is 1. The fourth-order valence-electron chi connectivity index (χ4n) is 4.29. The molecule has 1 N–H and O–H groups in total. The van der Waals surface area contributed by atoms with E-state index in [1.54, 1.807) is 0 Å². The predicted octanol–water partition coefficient (Wildman–Crippen LogP) is 2.28. The van der Waals surface area contributed by atoms with E-state index in [-0.39, 0.29) is 0 Å². The van der Waals surface area contributed by atoms with Gasteiger partial charge in [-0.05, 0) is 42.9 Å². The van der Waals surface area contributed by atoms with Crippen LogP contribution in [0.25, 0.3) is 0 Å². The molecule has 0 unspecified atom stereocenters. The van der Waals surface area contributed by atoms with Crippen LogP contribution in [0.5, 0.6) is 0 Å². The summed E-state index contributed by atoms with van der Waals surface area (Å²) in [6.45, 7) is 1.01. The average molecular weight is 234 g/mol. The van der Waals surface area contributed by atoms with Crippen LogP contribution in [-0.4, -0.2) is 23.5 Å². The first-order chi connectivity index (χ1) is 7.92. The molecule has 0 radical (unpaired) electrons. The largest absolute Gasteiger partial charge is 0.362 e. The third kappa shape index (κ3) is 1.30. The molecule has 0 aromatic carbocycles. The molecule has 0 aromatic rings. The first-order valence-electron chi connectivity index (χ1n) is 6.52. The zero-order valence-electron chi connectivity index (χ0n) is 9.43. The van der Waals surface area contributed by atoms with Crippen LogP contribution in [0.1, 0.15) is 19.3 Å². The molecule has 0 spiro atoms. The maximum atomic E-state index is 4.52. The van der Waals surface area contributed by atoms with E-state index in [2.05, 4.69) is 22.5 Å². The fourth-order valence-corrected chi connectivity index (χ4v) is 5.09. The first kappa shape index (κ1) is 9.58. The molecule has 2 saturated carbocycles. The molecule has 0 aromatic heterocycles. The van der Waals surface area contributed by atoms with Crippen molar-refractivity contribution in [3.63, 3.8) is 0 Å². The zero-order chi connectivity index (χ0) is 10.5. The number of nitrogens with zero attached hydrogens (tertiary/aromatic N) is 1. The lowest BCUT2D eigenvalue weighted by Crippen LogP contribution is -2.41. The summed E-state index contributed by atoms with van der Waals surface area (Å²) in [7, 11) is 0. The smallest absolute Gasteiger partial charge is 0.156 e. The zero-order valence-corrected chi connectivity index (χ0v) is 10.2. The second-order valence-electron chi connectivity index (χ2n) is 5.59. The highest BCUT2D eigenvalue weighted by Crippen LogP contribution is 2.56. The number of hydrogen-bond donors (Lipinski definition) is 1. The second-order valence-corrected chi connectivity index (χ2v) is 6.67. The van der Waals surface area contributed by atoms with E-state index >= 15 is 0 Å². The molecule has 5 atom stereocenters. The highest BCUT2D eigenvalue weighted by molar-refractivity contribution is 8.14. The number of allylic oxidation sites excluding steroid dienone is 2. The van der Waals surface area contributed by atoms with Gasteiger partial charge in [0, 0.05) is 11.8 Å². The van der Waals surface area contributed by atoms with Crippen molar-refractivity contribution < 1.29 is 0 Å². The Balaban J connectivity index is 1.49. The number of nitrogens with one attached hydrogen (secondary N) is 1. The molecule has 0 saturated heterocycles. The molecule has 1 aliphatic heterocycles. The van der Waals surface area contributed by atoms with Crippen molar-refractivity contribution in [1.82, 2.24) is 5.32 Å². The highest BCUT2D eigenvalue weighted by Gasteiger charge is 2.52. The molecule has 3 heteroatoms. The van der Waals surface area contributed by atoms with Gasteiger partial charge in [-0.1, -0.05) is 23.9 Å². The first-order valence-corrected chi connectivity index (χ1v) is 7.51. The Hall–Kier alpha value is -0.440. The van der Waals surface area contributed by atoms with Crippen LogP contribution in [0.2, 0.25) is 0 Å². The van der Waals surface area contributed by atoms with E-state index in [1.807, 2.05) is 11.8 Å². The van der Waals surface area contributed by atoms with Gasteiger partial charge in [0.1, 0.15) is 0 Å². The monoisotopic (exact) mass is 234 g/mol. The summed E-state index contributed by atoms with van der Waals surface area (Å²) in [6.07, 6.45) is 9.13. The standard InChI is InChI=1S/C13H18N2S/c1-2-9-8-6-11(10(9)3-1)12(7-8)15-13-14-4-5-16-13/h1,3,8-12H,2,4-7H2,(H,14,15)/t8-,9-,10+,11-,12-/m1/s1. The molecule has 3 aliphatic carbocycles. The lowest BCUT2D eigenvalue weighted by Gasteiger charge is -2.32. The number of rotatable bonds is 1. The van der Waals surface area contributed by atoms with E-state index in [1.165, 1.54) is 30.2 Å². The molecule has 4 aliphatic rings. The van der Waals surface area contributed by atoms with Gasteiger partial charge < -0.3 is 5.32 Å². The van der Waals surface area contributed by atoms with Crippen molar-refractivity contribution in [1.29, 1.82) is 0 Å². The Morgan fingerprint density at radius 3 is 3.19 bits per heavy atom. The van der Waals surface area contributed by atoms with Gasteiger partial charge in [0.05, 0.1) is 6.54 Å². The van der Waals surface area contributed by atoms with Crippen molar-refractivity contribution in [3.05, 3.63) is 12.2 Å². The molecule has 16 heavy (non-hydrogen) atoms. The van der Waals surface area contributed by atoms with Crippen LogP contribution in [0.15, 0.2) is 17.1 Å². The normalized spacial score (nSPS) is 48.5. The summed E-state index contributed by atoms with van der Waals surface area (Å²) < 4.78 is 0. The van der Waals surface area contributed by atoms with Gasteiger partial charge in [-0.15, -0.1) is 0 Å². The Kier molecular flexibility index (Phi) is 2.11. The van der Waals surface area contributed by atoms with Crippen molar-refractivity contribution in [2.45, 2.75) is 25.3 Å². The molecule has 4 rings (SSSR count). The van der Waals surface area contributed by atoms with E-state index in [4.69, 9.17) is 0 Å². The number of thioether (sulfide) groups is 1. The van der Waals surface area contributed by atoms with Crippen molar-refractivity contribution in [2.24, 2.45) is 28.7 Å². The maximum Gasteiger partial charge on any atom is 0.156 e. The molecule has 2 nitrogen and oxygen atoms in total. The van der Waals surface area contributed by atoms with Crippen LogP contribution in [0, 0.1) is 23.7 Å². The summed E-state index contributed by atoms with van der Waals surface area (Å²) in [6, 6.07) is 0.721. The maximum absolute atomic E-state index is 4.52. The van der Waals surface area contributed by atoms with Crippen molar-refractivity contribution in [2.75, 3.05) is 12.3 Å². The van der Waals surface area contributed by atoms with Crippen LogP contribution in [0.3, 0.4) is 0 Å². The van der Waals surface area contributed by atoms with E-state index in [9.17, 15) is 0 Å². The van der Waals surface area contributed by atoms with E-state index in [0.29, 0.717) is 0 Å². The second kappa shape index (κ2) is 3.52. The van der Waals surface area contributed by atoms with Gasteiger partial charge in [-0.3, -0.25) is 4.99 Å². The number of hydrogen-bond acceptors (Lipinski definition) is 3. The van der Waals surface area contributed by atoms with Crippen molar-refractivity contribution in [3.8, 4) is 0 Å². The van der Waals surface area contributed by atoms with Gasteiger partial charge >= 0.3 is 0 Å². The van der Waals surface area contributed by atoms with Crippen molar-refractivity contribution >= 4 is 16.9 Å². The third-order valence-corrected chi connectivity index (χ3v) is 5.81. The molecular weight excluding hydrogens is 216 g/mol. The van der Waals surface area contributed by atoms with Gasteiger partial charge in [0.15, 0.2) is 5.17 Å². The minimum absolute atomic E-state index is 0.721. The average Bonchev–Trinajstić information content (AvgIpc) is 2.99. The Bertz CT molecular complexity index is 363. The number of fused-ring (bicyclic) bond motifs is 5. The lowest BCUT2D eigenvalue weighted by atomic mass is 9.79. The van der Waals surface area contributed by atoms with E-state index in [0.717, 1.165) is 36.3 Å². The fraction of sp³-hybridized carbons (Fsp3) is 0.769. The van der Waals surface area contributed by atoms with Gasteiger partial charge in [0.2, 0.25) is 0 Å². The molecule has 0 amide bonds. The van der Waals surface area contributed by atoms with Crippen LogP contribution < -0.4 is 5.32 Å². The van der Waals surface area contributed by atoms with E-state index < -0.39 is 0 Å². The lowest BCUT2D eigenvalue weighted by molar-refractivity contribution is 0.247. The summed E-state index contributed by atoms with van der Waals surface area (Å²) in [5.41, 5.74) is 0. The molecular formula is C13H18N2S. The minimum Gasteiger partial charge on any atom is -0.362 e. The molecule has 86 valence electrons.